The topological polar surface area (TPSA) is 104 Å². The maximum absolute atomic E-state index is 11.4. The summed E-state index contributed by atoms with van der Waals surface area (Å²) in [5.41, 5.74) is 5.72. The Hall–Kier alpha value is -2.08. The van der Waals surface area contributed by atoms with E-state index in [-0.39, 0.29) is 24.9 Å². The second kappa shape index (κ2) is 8.10. The highest BCUT2D eigenvalue weighted by Crippen LogP contribution is 2.10. The molecule has 0 aromatic heterocycles. The fourth-order valence-electron chi connectivity index (χ4n) is 1.51. The predicted octanol–water partition coefficient (Wildman–Crippen LogP) is 0.285. The van der Waals surface area contributed by atoms with E-state index in [1.54, 1.807) is 12.1 Å². The van der Waals surface area contributed by atoms with Crippen LogP contribution in [-0.4, -0.2) is 30.1 Å². The van der Waals surface area contributed by atoms with Crippen molar-refractivity contribution < 1.29 is 14.7 Å². The number of aliphatic hydroxyl groups excluding tert-OH is 1. The van der Waals surface area contributed by atoms with Crippen LogP contribution in [0.5, 0.6) is 0 Å². The fraction of sp³-hybridized carbons (Fsp3) is 0.385. The van der Waals surface area contributed by atoms with Crippen molar-refractivity contribution in [3.05, 3.63) is 35.9 Å². The fourth-order valence-corrected chi connectivity index (χ4v) is 1.51. The molecule has 0 heterocycles. The summed E-state index contributed by atoms with van der Waals surface area (Å²) in [5.74, 6) is -0.387. The number of aliphatic hydroxyl groups is 1. The molecule has 6 nitrogen and oxygen atoms in total. The van der Waals surface area contributed by atoms with Crippen LogP contribution >= 0.6 is 0 Å². The Balaban J connectivity index is 2.18. The van der Waals surface area contributed by atoms with E-state index in [1.165, 1.54) is 0 Å². The minimum Gasteiger partial charge on any atom is -0.387 e. The van der Waals surface area contributed by atoms with Crippen molar-refractivity contribution in [2.24, 2.45) is 5.73 Å². The number of amides is 3. The number of nitrogens with one attached hydrogen (secondary N) is 2. The van der Waals surface area contributed by atoms with Gasteiger partial charge < -0.3 is 21.5 Å². The van der Waals surface area contributed by atoms with E-state index in [0.29, 0.717) is 13.0 Å². The van der Waals surface area contributed by atoms with Gasteiger partial charge in [-0.1, -0.05) is 30.3 Å². The lowest BCUT2D eigenvalue weighted by atomic mass is 10.1. The molecule has 0 aliphatic carbocycles. The molecule has 0 bridgehead atoms. The van der Waals surface area contributed by atoms with E-state index in [2.05, 4.69) is 10.6 Å². The standard InChI is InChI=1S/C13H19N3O3/c14-12(18)7-4-8-15-13(19)16-9-11(17)10-5-2-1-3-6-10/h1-3,5-6,11,17H,4,7-9H2,(H2,14,18)(H2,15,16,19). The van der Waals surface area contributed by atoms with Crippen LogP contribution in [0.1, 0.15) is 24.5 Å². The van der Waals surface area contributed by atoms with Crippen molar-refractivity contribution >= 4 is 11.9 Å². The van der Waals surface area contributed by atoms with Gasteiger partial charge in [0.25, 0.3) is 0 Å². The van der Waals surface area contributed by atoms with Crippen LogP contribution in [0.2, 0.25) is 0 Å². The van der Waals surface area contributed by atoms with Crippen LogP contribution in [0.15, 0.2) is 30.3 Å². The Kier molecular flexibility index (Phi) is 6.38. The number of rotatable bonds is 7. The van der Waals surface area contributed by atoms with E-state index < -0.39 is 6.10 Å². The Labute approximate surface area is 112 Å². The summed E-state index contributed by atoms with van der Waals surface area (Å²) in [7, 11) is 0. The lowest BCUT2D eigenvalue weighted by Crippen LogP contribution is -2.38. The molecule has 1 atom stereocenters. The molecule has 1 aromatic rings. The van der Waals surface area contributed by atoms with Gasteiger partial charge in [-0.25, -0.2) is 4.79 Å². The summed E-state index contributed by atoms with van der Waals surface area (Å²) in [4.78, 5) is 21.9. The Morgan fingerprint density at radius 1 is 1.21 bits per heavy atom. The smallest absolute Gasteiger partial charge is 0.314 e. The van der Waals surface area contributed by atoms with E-state index in [0.717, 1.165) is 5.56 Å². The minimum absolute atomic E-state index is 0.131. The van der Waals surface area contributed by atoms with Gasteiger partial charge in [0.1, 0.15) is 0 Å². The number of benzene rings is 1. The highest BCUT2D eigenvalue weighted by Gasteiger charge is 2.08. The molecule has 0 aliphatic rings. The summed E-state index contributed by atoms with van der Waals surface area (Å²) in [5, 5.41) is 14.9. The molecule has 6 heteroatoms. The van der Waals surface area contributed by atoms with Crippen molar-refractivity contribution in [2.75, 3.05) is 13.1 Å². The van der Waals surface area contributed by atoms with Crippen molar-refractivity contribution in [3.63, 3.8) is 0 Å². The van der Waals surface area contributed by atoms with Crippen molar-refractivity contribution in [3.8, 4) is 0 Å². The lowest BCUT2D eigenvalue weighted by molar-refractivity contribution is -0.118. The molecule has 5 N–H and O–H groups in total. The Morgan fingerprint density at radius 3 is 2.53 bits per heavy atom. The number of nitrogens with two attached hydrogens (primary N) is 1. The summed E-state index contributed by atoms with van der Waals surface area (Å²) >= 11 is 0. The number of carbonyl (C=O) groups is 2. The second-order valence-electron chi connectivity index (χ2n) is 4.13. The first-order chi connectivity index (χ1) is 9.09. The normalized spacial score (nSPS) is 11.6. The van der Waals surface area contributed by atoms with E-state index >= 15 is 0 Å². The van der Waals surface area contributed by atoms with Crippen LogP contribution in [-0.2, 0) is 4.79 Å². The maximum Gasteiger partial charge on any atom is 0.314 e. The molecule has 19 heavy (non-hydrogen) atoms. The SMILES string of the molecule is NC(=O)CCCNC(=O)NCC(O)c1ccccc1. The zero-order valence-corrected chi connectivity index (χ0v) is 10.6. The second-order valence-corrected chi connectivity index (χ2v) is 4.13. The number of hydrogen-bond acceptors (Lipinski definition) is 3. The van der Waals surface area contributed by atoms with Crippen molar-refractivity contribution in [2.45, 2.75) is 18.9 Å². The van der Waals surface area contributed by atoms with Gasteiger partial charge >= 0.3 is 6.03 Å². The van der Waals surface area contributed by atoms with Gasteiger partial charge in [0.05, 0.1) is 6.10 Å². The van der Waals surface area contributed by atoms with Gasteiger partial charge in [-0.3, -0.25) is 4.79 Å². The van der Waals surface area contributed by atoms with Gasteiger partial charge in [0, 0.05) is 19.5 Å². The Morgan fingerprint density at radius 2 is 1.89 bits per heavy atom. The number of urea groups is 1. The predicted molar refractivity (Wildman–Crippen MR) is 71.2 cm³/mol. The van der Waals surface area contributed by atoms with Crippen LogP contribution in [0.25, 0.3) is 0 Å². The van der Waals surface area contributed by atoms with Crippen LogP contribution in [0.4, 0.5) is 4.79 Å². The monoisotopic (exact) mass is 265 g/mol. The van der Waals surface area contributed by atoms with Crippen molar-refractivity contribution in [1.82, 2.24) is 10.6 Å². The molecule has 1 unspecified atom stereocenters. The lowest BCUT2D eigenvalue weighted by Gasteiger charge is -2.12. The first-order valence-electron chi connectivity index (χ1n) is 6.12. The van der Waals surface area contributed by atoms with E-state index in [4.69, 9.17) is 5.73 Å². The van der Waals surface area contributed by atoms with Crippen LogP contribution < -0.4 is 16.4 Å². The van der Waals surface area contributed by atoms with Gasteiger partial charge in [0.2, 0.25) is 5.91 Å². The quantitative estimate of drug-likeness (QED) is 0.532. The largest absolute Gasteiger partial charge is 0.387 e. The Bertz CT molecular complexity index is 409. The number of primary amides is 1. The van der Waals surface area contributed by atoms with Gasteiger partial charge in [-0.2, -0.15) is 0 Å². The molecule has 1 aromatic carbocycles. The first kappa shape index (κ1) is 15.0. The maximum atomic E-state index is 11.4. The molecule has 1 rings (SSSR count). The van der Waals surface area contributed by atoms with Crippen LogP contribution in [0.3, 0.4) is 0 Å². The number of carbonyl (C=O) groups excluding carboxylic acids is 2. The molecular formula is C13H19N3O3. The first-order valence-corrected chi connectivity index (χ1v) is 6.12. The minimum atomic E-state index is -0.738. The third-order valence-corrected chi connectivity index (χ3v) is 2.53. The van der Waals surface area contributed by atoms with Crippen LogP contribution in [0, 0.1) is 0 Å². The van der Waals surface area contributed by atoms with Gasteiger partial charge in [-0.05, 0) is 12.0 Å². The molecule has 0 radical (unpaired) electrons. The highest BCUT2D eigenvalue weighted by atomic mass is 16.3. The summed E-state index contributed by atoms with van der Waals surface area (Å²) in [6, 6.07) is 8.70. The zero-order chi connectivity index (χ0) is 14.1. The van der Waals surface area contributed by atoms with Crippen molar-refractivity contribution in [1.29, 1.82) is 0 Å². The van der Waals surface area contributed by atoms with Gasteiger partial charge in [-0.15, -0.1) is 0 Å². The third kappa shape index (κ3) is 6.42. The number of hydrogen-bond donors (Lipinski definition) is 4. The molecular weight excluding hydrogens is 246 g/mol. The summed E-state index contributed by atoms with van der Waals surface area (Å²) in [6.45, 7) is 0.502. The molecule has 0 saturated carbocycles. The zero-order valence-electron chi connectivity index (χ0n) is 10.6. The average Bonchev–Trinajstić information content (AvgIpc) is 2.41. The molecule has 0 aliphatic heterocycles. The summed E-state index contributed by atoms with van der Waals surface area (Å²) in [6.07, 6.45) is 0.00858. The van der Waals surface area contributed by atoms with E-state index in [1.807, 2.05) is 18.2 Å². The third-order valence-electron chi connectivity index (χ3n) is 2.53. The van der Waals surface area contributed by atoms with E-state index in [9.17, 15) is 14.7 Å². The molecule has 104 valence electrons. The van der Waals surface area contributed by atoms with Gasteiger partial charge in [0.15, 0.2) is 0 Å². The summed E-state index contributed by atoms with van der Waals surface area (Å²) < 4.78 is 0. The highest BCUT2D eigenvalue weighted by molar-refractivity contribution is 5.75. The molecule has 0 saturated heterocycles. The molecule has 0 fully saturated rings. The average molecular weight is 265 g/mol. The molecule has 0 spiro atoms. The molecule has 3 amide bonds.